The number of nitrogens with one attached hydrogen (secondary N) is 1. The summed E-state index contributed by atoms with van der Waals surface area (Å²) in [5, 5.41) is 4.02. The van der Waals surface area contributed by atoms with Crippen LogP contribution in [-0.2, 0) is 0 Å². The van der Waals surface area contributed by atoms with E-state index in [1.165, 1.54) is 10.9 Å². The molecule has 0 saturated heterocycles. The molecule has 4 nitrogen and oxygen atoms in total. The predicted octanol–water partition coefficient (Wildman–Crippen LogP) is 2.68. The Morgan fingerprint density at radius 2 is 2.12 bits per heavy atom. The number of alkyl halides is 3. The van der Waals surface area contributed by atoms with Crippen molar-refractivity contribution in [3.63, 3.8) is 0 Å². The van der Waals surface area contributed by atoms with Gasteiger partial charge >= 0.3 is 6.18 Å². The summed E-state index contributed by atoms with van der Waals surface area (Å²) >= 11 is 3.19. The van der Waals surface area contributed by atoms with E-state index in [0.29, 0.717) is 10.2 Å². The fourth-order valence-electron chi connectivity index (χ4n) is 1.55. The number of hydrazine groups is 1. The molecule has 1 heterocycles. The fraction of sp³-hybridized carbons (Fsp3) is 0.667. The van der Waals surface area contributed by atoms with E-state index in [-0.39, 0.29) is 6.04 Å². The van der Waals surface area contributed by atoms with Crippen LogP contribution in [0, 0.1) is 0 Å². The zero-order valence-corrected chi connectivity index (χ0v) is 11.0. The van der Waals surface area contributed by atoms with Gasteiger partial charge in [-0.25, -0.2) is 0 Å². The zero-order chi connectivity index (χ0) is 13.2. The van der Waals surface area contributed by atoms with Crippen LogP contribution in [0.15, 0.2) is 10.7 Å². The molecule has 1 aromatic rings. The van der Waals surface area contributed by atoms with Crippen LogP contribution < -0.4 is 11.3 Å². The van der Waals surface area contributed by atoms with Crippen molar-refractivity contribution in [2.75, 3.05) is 0 Å². The molecule has 0 aliphatic carbocycles. The number of hydrogen-bond donors (Lipinski definition) is 2. The largest absolute Gasteiger partial charge is 0.391 e. The van der Waals surface area contributed by atoms with Crippen LogP contribution in [0.25, 0.3) is 0 Å². The summed E-state index contributed by atoms with van der Waals surface area (Å²) in [5.41, 5.74) is 2.59. The Hall–Kier alpha value is -0.600. The summed E-state index contributed by atoms with van der Waals surface area (Å²) in [5.74, 6) is 5.20. The lowest BCUT2D eigenvalue weighted by molar-refractivity contribution is -0.141. The number of hydrogen-bond acceptors (Lipinski definition) is 3. The molecule has 8 heteroatoms. The van der Waals surface area contributed by atoms with Crippen LogP contribution >= 0.6 is 15.9 Å². The SMILES string of the molecule is CC(C)n1ncc(Br)c1C(CC(F)(F)F)NN. The molecule has 3 N–H and O–H groups in total. The topological polar surface area (TPSA) is 55.9 Å². The van der Waals surface area contributed by atoms with Crippen molar-refractivity contribution in [3.8, 4) is 0 Å². The standard InChI is InChI=1S/C9H14BrF3N4/c1-5(2)17-8(6(10)4-15-17)7(16-14)3-9(11,12)13/h4-5,7,16H,3,14H2,1-2H3. The van der Waals surface area contributed by atoms with Gasteiger partial charge in [0.05, 0.1) is 28.8 Å². The van der Waals surface area contributed by atoms with Crippen molar-refractivity contribution in [1.82, 2.24) is 15.2 Å². The van der Waals surface area contributed by atoms with Gasteiger partial charge in [-0.1, -0.05) is 0 Å². The van der Waals surface area contributed by atoms with Crippen molar-refractivity contribution in [3.05, 3.63) is 16.4 Å². The van der Waals surface area contributed by atoms with Gasteiger partial charge in [-0.15, -0.1) is 0 Å². The summed E-state index contributed by atoms with van der Waals surface area (Å²) in [6.07, 6.45) is -3.86. The van der Waals surface area contributed by atoms with Crippen molar-refractivity contribution in [2.45, 2.75) is 38.5 Å². The molecule has 1 unspecified atom stereocenters. The fourth-order valence-corrected chi connectivity index (χ4v) is 2.10. The quantitative estimate of drug-likeness (QED) is 0.663. The van der Waals surface area contributed by atoms with Gasteiger partial charge < -0.3 is 0 Å². The first-order chi connectivity index (χ1) is 7.76. The number of nitrogens with two attached hydrogens (primary N) is 1. The lowest BCUT2D eigenvalue weighted by atomic mass is 10.1. The average molecular weight is 315 g/mol. The molecular formula is C9H14BrF3N4. The minimum Gasteiger partial charge on any atom is -0.271 e. The summed E-state index contributed by atoms with van der Waals surface area (Å²) in [6.45, 7) is 3.67. The third-order valence-electron chi connectivity index (χ3n) is 2.24. The third kappa shape index (κ3) is 3.68. The first-order valence-electron chi connectivity index (χ1n) is 5.02. The second kappa shape index (κ2) is 5.36. The summed E-state index contributed by atoms with van der Waals surface area (Å²) in [6, 6.07) is -1.06. The highest BCUT2D eigenvalue weighted by atomic mass is 79.9. The molecule has 0 fully saturated rings. The molecule has 0 aliphatic rings. The van der Waals surface area contributed by atoms with E-state index in [0.717, 1.165) is 0 Å². The highest BCUT2D eigenvalue weighted by Gasteiger charge is 2.34. The van der Waals surface area contributed by atoms with E-state index in [1.807, 2.05) is 13.8 Å². The van der Waals surface area contributed by atoms with Gasteiger partial charge in [-0.3, -0.25) is 16.0 Å². The smallest absolute Gasteiger partial charge is 0.271 e. The zero-order valence-electron chi connectivity index (χ0n) is 9.42. The number of aromatic nitrogens is 2. The van der Waals surface area contributed by atoms with Crippen molar-refractivity contribution in [2.24, 2.45) is 5.84 Å². The van der Waals surface area contributed by atoms with Crippen LogP contribution in [0.3, 0.4) is 0 Å². The van der Waals surface area contributed by atoms with Crippen LogP contribution in [0.5, 0.6) is 0 Å². The average Bonchev–Trinajstić information content (AvgIpc) is 2.55. The molecule has 0 saturated carbocycles. The molecule has 98 valence electrons. The number of rotatable bonds is 4. The molecule has 1 rings (SSSR count). The number of nitrogens with zero attached hydrogens (tertiary/aromatic N) is 2. The molecule has 0 amide bonds. The Labute approximate surface area is 105 Å². The van der Waals surface area contributed by atoms with Crippen molar-refractivity contribution < 1.29 is 13.2 Å². The van der Waals surface area contributed by atoms with Gasteiger partial charge in [-0.2, -0.15) is 18.3 Å². The predicted molar refractivity (Wildman–Crippen MR) is 61.0 cm³/mol. The first kappa shape index (κ1) is 14.5. The minimum absolute atomic E-state index is 0.0413. The van der Waals surface area contributed by atoms with Crippen LogP contribution in [0.4, 0.5) is 13.2 Å². The van der Waals surface area contributed by atoms with E-state index in [2.05, 4.69) is 26.5 Å². The van der Waals surface area contributed by atoms with Gasteiger partial charge in [0.1, 0.15) is 0 Å². The maximum atomic E-state index is 12.4. The van der Waals surface area contributed by atoms with Crippen molar-refractivity contribution >= 4 is 15.9 Å². The lowest BCUT2D eigenvalue weighted by Gasteiger charge is -2.21. The highest BCUT2D eigenvalue weighted by Crippen LogP contribution is 2.33. The Morgan fingerprint density at radius 3 is 2.53 bits per heavy atom. The van der Waals surface area contributed by atoms with Gasteiger partial charge in [0.2, 0.25) is 0 Å². The van der Waals surface area contributed by atoms with Gasteiger partial charge in [-0.05, 0) is 29.8 Å². The third-order valence-corrected chi connectivity index (χ3v) is 2.85. The molecule has 17 heavy (non-hydrogen) atoms. The Bertz CT molecular complexity index is 375. The molecule has 0 radical (unpaired) electrons. The summed E-state index contributed by atoms with van der Waals surface area (Å²) < 4.78 is 39.3. The molecule has 0 bridgehead atoms. The summed E-state index contributed by atoms with van der Waals surface area (Å²) in [4.78, 5) is 0. The second-order valence-corrected chi connectivity index (χ2v) is 4.81. The lowest BCUT2D eigenvalue weighted by Crippen LogP contribution is -2.34. The summed E-state index contributed by atoms with van der Waals surface area (Å²) in [7, 11) is 0. The van der Waals surface area contributed by atoms with Gasteiger partial charge in [0.25, 0.3) is 0 Å². The minimum atomic E-state index is -4.29. The normalized spacial score (nSPS) is 14.4. The molecule has 1 atom stereocenters. The maximum Gasteiger partial charge on any atom is 0.391 e. The highest BCUT2D eigenvalue weighted by molar-refractivity contribution is 9.10. The Kier molecular flexibility index (Phi) is 4.56. The van der Waals surface area contributed by atoms with Crippen molar-refractivity contribution in [1.29, 1.82) is 0 Å². The second-order valence-electron chi connectivity index (χ2n) is 3.95. The van der Waals surface area contributed by atoms with E-state index >= 15 is 0 Å². The van der Waals surface area contributed by atoms with E-state index in [9.17, 15) is 13.2 Å². The van der Waals surface area contributed by atoms with Crippen LogP contribution in [0.2, 0.25) is 0 Å². The maximum absolute atomic E-state index is 12.4. The van der Waals surface area contributed by atoms with Gasteiger partial charge in [0.15, 0.2) is 0 Å². The monoisotopic (exact) mass is 314 g/mol. The Morgan fingerprint density at radius 1 is 1.53 bits per heavy atom. The first-order valence-corrected chi connectivity index (χ1v) is 5.81. The molecule has 0 aliphatic heterocycles. The van der Waals surface area contributed by atoms with E-state index in [1.54, 1.807) is 0 Å². The van der Waals surface area contributed by atoms with Crippen LogP contribution in [0.1, 0.15) is 38.0 Å². The molecule has 1 aromatic heterocycles. The molecule has 0 spiro atoms. The Balaban J connectivity index is 3.07. The van der Waals surface area contributed by atoms with E-state index < -0.39 is 18.6 Å². The molecular weight excluding hydrogens is 301 g/mol. The van der Waals surface area contributed by atoms with Gasteiger partial charge in [0, 0.05) is 6.04 Å². The van der Waals surface area contributed by atoms with Crippen LogP contribution in [-0.4, -0.2) is 16.0 Å². The van der Waals surface area contributed by atoms with E-state index in [4.69, 9.17) is 5.84 Å². The number of halogens is 4. The molecule has 0 aromatic carbocycles.